The Balaban J connectivity index is 1.12. The first-order valence-electron chi connectivity index (χ1n) is 12.2. The van der Waals surface area contributed by atoms with Crippen LogP contribution < -0.4 is 4.90 Å². The molecule has 3 aliphatic rings. The summed E-state index contributed by atoms with van der Waals surface area (Å²) in [5.41, 5.74) is 0.591. The van der Waals surface area contributed by atoms with Crippen LogP contribution >= 0.6 is 0 Å². The second kappa shape index (κ2) is 9.51. The molecule has 1 aromatic carbocycles. The third kappa shape index (κ3) is 4.99. The van der Waals surface area contributed by atoms with Gasteiger partial charge in [-0.3, -0.25) is 9.80 Å². The summed E-state index contributed by atoms with van der Waals surface area (Å²) in [6.45, 7) is 4.95. The smallest absolute Gasteiger partial charge is 0.419 e. The van der Waals surface area contributed by atoms with E-state index in [1.807, 2.05) is 25.1 Å². The Morgan fingerprint density at radius 2 is 1.81 bits per heavy atom. The molecule has 3 fully saturated rings. The molecule has 0 radical (unpaired) electrons. The molecule has 1 spiro atoms. The van der Waals surface area contributed by atoms with Gasteiger partial charge in [0.1, 0.15) is 6.10 Å². The van der Waals surface area contributed by atoms with Crippen LogP contribution in [-0.4, -0.2) is 81.9 Å². The lowest BCUT2D eigenvalue weighted by Gasteiger charge is -2.58. The van der Waals surface area contributed by atoms with Gasteiger partial charge < -0.3 is 14.7 Å². The molecule has 1 amide bonds. The minimum absolute atomic E-state index is 0.132. The van der Waals surface area contributed by atoms with Crippen LogP contribution in [0.1, 0.15) is 30.9 Å². The molecule has 36 heavy (non-hydrogen) atoms. The lowest BCUT2D eigenvalue weighted by molar-refractivity contribution is -0.139. The molecule has 2 aliphatic heterocycles. The summed E-state index contributed by atoms with van der Waals surface area (Å²) in [7, 11) is 0. The van der Waals surface area contributed by atoms with Crippen molar-refractivity contribution in [3.8, 4) is 0 Å². The Bertz CT molecular complexity index is 1050. The molecule has 1 aromatic heterocycles. The molecule has 1 aliphatic carbocycles. The number of ether oxygens (including phenoxy) is 1. The maximum Gasteiger partial charge on any atom is 0.419 e. The van der Waals surface area contributed by atoms with E-state index >= 15 is 0 Å². The average Bonchev–Trinajstić information content (AvgIpc) is 2.80. The van der Waals surface area contributed by atoms with Gasteiger partial charge in [0, 0.05) is 50.5 Å². The van der Waals surface area contributed by atoms with Gasteiger partial charge in [-0.1, -0.05) is 30.3 Å². The van der Waals surface area contributed by atoms with E-state index in [0.717, 1.165) is 44.9 Å². The molecular weight excluding hydrogens is 475 g/mol. The normalized spacial score (nSPS) is 24.4. The van der Waals surface area contributed by atoms with Gasteiger partial charge in [0.15, 0.2) is 0 Å². The zero-order chi connectivity index (χ0) is 25.5. The van der Waals surface area contributed by atoms with Crippen LogP contribution in [0, 0.1) is 5.41 Å². The van der Waals surface area contributed by atoms with Crippen LogP contribution in [0.4, 0.5) is 23.9 Å². The molecule has 2 saturated heterocycles. The number of rotatable bonds is 5. The summed E-state index contributed by atoms with van der Waals surface area (Å²) in [4.78, 5) is 26.3. The average molecular weight is 506 g/mol. The number of halogens is 3. The molecule has 8 nitrogen and oxygen atoms in total. The predicted molar refractivity (Wildman–Crippen MR) is 125 cm³/mol. The van der Waals surface area contributed by atoms with Crippen molar-refractivity contribution >= 4 is 12.0 Å². The van der Waals surface area contributed by atoms with Gasteiger partial charge >= 0.3 is 12.3 Å². The van der Waals surface area contributed by atoms with Crippen molar-refractivity contribution in [2.24, 2.45) is 5.41 Å². The van der Waals surface area contributed by atoms with E-state index in [-0.39, 0.29) is 36.7 Å². The number of hydrogen-bond donors (Lipinski definition) is 1. The van der Waals surface area contributed by atoms with Gasteiger partial charge in [-0.05, 0) is 25.3 Å². The molecule has 3 heterocycles. The minimum Gasteiger partial charge on any atom is -0.446 e. The first-order chi connectivity index (χ1) is 17.2. The number of alkyl halides is 3. The second-order valence-corrected chi connectivity index (χ2v) is 10.3. The third-order valence-electron chi connectivity index (χ3n) is 7.41. The first kappa shape index (κ1) is 24.8. The first-order valence-corrected chi connectivity index (χ1v) is 12.2. The highest BCUT2D eigenvalue weighted by Crippen LogP contribution is 2.50. The molecule has 2 unspecified atom stereocenters. The summed E-state index contributed by atoms with van der Waals surface area (Å²) in [5, 5.41) is 9.96. The number of anilines is 1. The maximum absolute atomic E-state index is 13.0. The van der Waals surface area contributed by atoms with E-state index in [1.165, 1.54) is 10.5 Å². The summed E-state index contributed by atoms with van der Waals surface area (Å²) in [6, 6.07) is 9.43. The van der Waals surface area contributed by atoms with E-state index in [0.29, 0.717) is 6.54 Å². The van der Waals surface area contributed by atoms with Crippen molar-refractivity contribution in [1.29, 1.82) is 0 Å². The van der Waals surface area contributed by atoms with E-state index in [1.54, 1.807) is 4.90 Å². The Hall–Kier alpha value is -2.92. The van der Waals surface area contributed by atoms with Crippen molar-refractivity contribution in [3.05, 3.63) is 53.9 Å². The minimum atomic E-state index is -4.51. The number of benzene rings is 1. The number of aliphatic hydroxyl groups is 1. The number of amides is 1. The fraction of sp³-hybridized carbons (Fsp3) is 0.560. The van der Waals surface area contributed by atoms with E-state index in [2.05, 4.69) is 27.0 Å². The second-order valence-electron chi connectivity index (χ2n) is 10.3. The fourth-order valence-corrected chi connectivity index (χ4v) is 5.76. The van der Waals surface area contributed by atoms with Crippen molar-refractivity contribution < 1.29 is 27.8 Å². The van der Waals surface area contributed by atoms with Gasteiger partial charge in [0.25, 0.3) is 0 Å². The van der Waals surface area contributed by atoms with Crippen LogP contribution in [0.25, 0.3) is 0 Å². The van der Waals surface area contributed by atoms with E-state index in [9.17, 15) is 23.1 Å². The molecule has 2 aromatic rings. The number of likely N-dealkylation sites (tertiary alicyclic amines) is 1. The Kier molecular flexibility index (Phi) is 6.54. The number of carbonyl (C=O) groups excluding carboxylic acids is 1. The summed E-state index contributed by atoms with van der Waals surface area (Å²) in [6.07, 6.45) is -1.95. The molecule has 0 bridgehead atoms. The number of hydrogen-bond acceptors (Lipinski definition) is 7. The Labute approximate surface area is 207 Å². The number of nitrogens with zero attached hydrogens (tertiary/aromatic N) is 5. The van der Waals surface area contributed by atoms with Crippen molar-refractivity contribution in [2.45, 2.75) is 50.7 Å². The zero-order valence-corrected chi connectivity index (χ0v) is 20.1. The van der Waals surface area contributed by atoms with Crippen LogP contribution in [0.3, 0.4) is 0 Å². The molecule has 2 atom stereocenters. The number of aliphatic hydroxyl groups excluding tert-OH is 1. The number of aromatic nitrogens is 2. The van der Waals surface area contributed by atoms with Gasteiger partial charge in [-0.25, -0.2) is 14.8 Å². The summed E-state index contributed by atoms with van der Waals surface area (Å²) >= 11 is 0. The quantitative estimate of drug-likeness (QED) is 0.669. The number of piperazine rings is 1. The topological polar surface area (TPSA) is 82.0 Å². The van der Waals surface area contributed by atoms with E-state index < -0.39 is 23.9 Å². The fourth-order valence-electron chi connectivity index (χ4n) is 5.76. The van der Waals surface area contributed by atoms with Crippen molar-refractivity contribution in [3.63, 3.8) is 0 Å². The maximum atomic E-state index is 13.0. The van der Waals surface area contributed by atoms with E-state index in [4.69, 9.17) is 4.74 Å². The zero-order valence-electron chi connectivity index (χ0n) is 20.1. The largest absolute Gasteiger partial charge is 0.446 e. The van der Waals surface area contributed by atoms with Gasteiger partial charge in [0.05, 0.1) is 24.3 Å². The van der Waals surface area contributed by atoms with Crippen LogP contribution in [0.5, 0.6) is 0 Å². The monoisotopic (exact) mass is 505 g/mol. The summed E-state index contributed by atoms with van der Waals surface area (Å²) in [5.74, 6) is 0.132. The highest BCUT2D eigenvalue weighted by atomic mass is 19.4. The summed E-state index contributed by atoms with van der Waals surface area (Å²) < 4.78 is 44.2. The molecule has 1 N–H and O–H groups in total. The molecule has 194 valence electrons. The Morgan fingerprint density at radius 3 is 2.42 bits per heavy atom. The van der Waals surface area contributed by atoms with Crippen LogP contribution in [0.2, 0.25) is 0 Å². The molecule has 11 heteroatoms. The highest BCUT2D eigenvalue weighted by molar-refractivity contribution is 5.69. The molecule has 1 saturated carbocycles. The van der Waals surface area contributed by atoms with Gasteiger partial charge in [-0.2, -0.15) is 13.2 Å². The van der Waals surface area contributed by atoms with Crippen molar-refractivity contribution in [2.75, 3.05) is 37.7 Å². The lowest BCUT2D eigenvalue weighted by atomic mass is 9.61. The lowest BCUT2D eigenvalue weighted by Crippen LogP contribution is -2.65. The van der Waals surface area contributed by atoms with Crippen LogP contribution in [0.15, 0.2) is 42.7 Å². The molecular formula is C25H30F3N5O3. The van der Waals surface area contributed by atoms with Crippen molar-refractivity contribution in [1.82, 2.24) is 19.8 Å². The van der Waals surface area contributed by atoms with Gasteiger partial charge in [-0.15, -0.1) is 0 Å². The van der Waals surface area contributed by atoms with Crippen LogP contribution in [-0.2, 0) is 17.5 Å². The SMILES string of the molecule is CC1CN(c2ncc(C(F)(F)F)cn2)CC(CO)N1C(=O)OC1CC2(C1)CN(Cc1ccccc1)C2. The molecule has 5 rings (SSSR count). The van der Waals surface area contributed by atoms with Gasteiger partial charge in [0.2, 0.25) is 5.95 Å². The Morgan fingerprint density at radius 1 is 1.14 bits per heavy atom. The highest BCUT2D eigenvalue weighted by Gasteiger charge is 2.54. The number of carbonyl (C=O) groups is 1. The third-order valence-corrected chi connectivity index (χ3v) is 7.41. The standard InChI is InChI=1S/C25H30F3N5O3/c1-17-11-32(22-29-9-19(10-30-22)25(26,27)28)13-20(14-34)33(17)23(35)36-21-7-24(8-21)15-31(16-24)12-18-5-3-2-4-6-18/h2-6,9-10,17,20-21,34H,7-8,11-16H2,1H3. The predicted octanol–water partition coefficient (Wildman–Crippen LogP) is 3.17.